The number of aromatic nitrogens is 2. The molecule has 0 aliphatic heterocycles. The van der Waals surface area contributed by atoms with Crippen molar-refractivity contribution in [1.29, 1.82) is 0 Å². The number of carboxylic acids is 1. The lowest BCUT2D eigenvalue weighted by Crippen LogP contribution is -2.00. The number of nitrogens with one attached hydrogen (secondary N) is 2. The Bertz CT molecular complexity index is 372. The number of hydrogen-bond acceptors (Lipinski definition) is 2. The summed E-state index contributed by atoms with van der Waals surface area (Å²) in [5.41, 5.74) is 0.645. The number of H-pyrrole nitrogens is 2. The van der Waals surface area contributed by atoms with Crippen LogP contribution in [0.25, 0.3) is 5.57 Å². The van der Waals surface area contributed by atoms with Crippen LogP contribution in [0.4, 0.5) is 0 Å². The minimum absolute atomic E-state index is 0.344. The molecular weight excluding hydrogens is 160 g/mol. The zero-order chi connectivity index (χ0) is 9.14. The van der Waals surface area contributed by atoms with Gasteiger partial charge in [-0.25, -0.2) is 9.59 Å². The second kappa shape index (κ2) is 3.08. The van der Waals surface area contributed by atoms with Crippen LogP contribution < -0.4 is 5.69 Å². The van der Waals surface area contributed by atoms with Gasteiger partial charge in [-0.2, -0.15) is 0 Å². The third-order valence-electron chi connectivity index (χ3n) is 1.36. The van der Waals surface area contributed by atoms with Gasteiger partial charge in [0.2, 0.25) is 0 Å². The van der Waals surface area contributed by atoms with Crippen LogP contribution in [0.2, 0.25) is 0 Å². The number of aromatic amines is 2. The molecule has 1 heterocycles. The average molecular weight is 168 g/mol. The van der Waals surface area contributed by atoms with Gasteiger partial charge in [-0.05, 0) is 12.5 Å². The molecule has 0 radical (unpaired) electrons. The molecule has 0 aromatic carbocycles. The van der Waals surface area contributed by atoms with Gasteiger partial charge in [0, 0.05) is 12.3 Å². The highest BCUT2D eigenvalue weighted by atomic mass is 16.4. The topological polar surface area (TPSA) is 85.9 Å². The summed E-state index contributed by atoms with van der Waals surface area (Å²) in [6.45, 7) is 1.60. The van der Waals surface area contributed by atoms with Gasteiger partial charge in [-0.1, -0.05) is 0 Å². The summed E-state index contributed by atoms with van der Waals surface area (Å²) < 4.78 is 0. The Morgan fingerprint density at radius 1 is 1.67 bits per heavy atom. The van der Waals surface area contributed by atoms with Crippen LogP contribution >= 0.6 is 0 Å². The van der Waals surface area contributed by atoms with Crippen molar-refractivity contribution in [3.63, 3.8) is 0 Å². The van der Waals surface area contributed by atoms with Crippen molar-refractivity contribution in [2.45, 2.75) is 6.92 Å². The molecule has 0 saturated carbocycles. The molecule has 0 aliphatic rings. The molecule has 3 N–H and O–H groups in total. The number of carboxylic acid groups (broad SMARTS) is 1. The SMILES string of the molecule is C/C(=C\C(=O)O)c1c[nH]c(=O)[nH]1. The molecule has 5 heteroatoms. The fraction of sp³-hybridized carbons (Fsp3) is 0.143. The molecule has 0 atom stereocenters. The maximum absolute atomic E-state index is 10.6. The largest absolute Gasteiger partial charge is 0.478 e. The molecule has 0 saturated heterocycles. The summed E-state index contributed by atoms with van der Waals surface area (Å²) >= 11 is 0. The molecule has 1 rings (SSSR count). The first-order valence-electron chi connectivity index (χ1n) is 3.29. The number of aliphatic carboxylic acids is 1. The van der Waals surface area contributed by atoms with Crippen LogP contribution in [0.3, 0.4) is 0 Å². The van der Waals surface area contributed by atoms with Gasteiger partial charge in [0.15, 0.2) is 0 Å². The van der Waals surface area contributed by atoms with E-state index in [1.54, 1.807) is 6.92 Å². The lowest BCUT2D eigenvalue weighted by molar-refractivity contribution is -0.131. The summed E-state index contributed by atoms with van der Waals surface area (Å²) in [6.07, 6.45) is 2.45. The van der Waals surface area contributed by atoms with Crippen LogP contribution in [-0.2, 0) is 4.79 Å². The summed E-state index contributed by atoms with van der Waals surface area (Å²) in [6, 6.07) is 0. The highest BCUT2D eigenvalue weighted by Crippen LogP contribution is 2.06. The van der Waals surface area contributed by atoms with Gasteiger partial charge in [-0.15, -0.1) is 0 Å². The Hall–Kier alpha value is -1.78. The van der Waals surface area contributed by atoms with Crippen molar-refractivity contribution < 1.29 is 9.90 Å². The van der Waals surface area contributed by atoms with E-state index in [1.165, 1.54) is 6.20 Å². The Morgan fingerprint density at radius 2 is 2.33 bits per heavy atom. The molecule has 0 bridgehead atoms. The van der Waals surface area contributed by atoms with E-state index in [9.17, 15) is 9.59 Å². The molecule has 1 aromatic heterocycles. The van der Waals surface area contributed by atoms with Gasteiger partial charge < -0.3 is 15.1 Å². The normalized spacial score (nSPS) is 11.6. The van der Waals surface area contributed by atoms with Gasteiger partial charge in [0.05, 0.1) is 5.69 Å². The van der Waals surface area contributed by atoms with Gasteiger partial charge in [0.25, 0.3) is 0 Å². The number of rotatable bonds is 2. The van der Waals surface area contributed by atoms with Crippen molar-refractivity contribution >= 4 is 11.5 Å². The van der Waals surface area contributed by atoms with Crippen LogP contribution in [0.15, 0.2) is 17.1 Å². The van der Waals surface area contributed by atoms with Gasteiger partial charge in [0.1, 0.15) is 0 Å². The third-order valence-corrected chi connectivity index (χ3v) is 1.36. The fourth-order valence-corrected chi connectivity index (χ4v) is 0.808. The minimum Gasteiger partial charge on any atom is -0.478 e. The molecule has 64 valence electrons. The van der Waals surface area contributed by atoms with E-state index >= 15 is 0 Å². The summed E-state index contributed by atoms with van der Waals surface area (Å²) in [7, 11) is 0. The predicted molar refractivity (Wildman–Crippen MR) is 42.7 cm³/mol. The Labute approximate surface area is 67.7 Å². The lowest BCUT2D eigenvalue weighted by Gasteiger charge is -1.91. The highest BCUT2D eigenvalue weighted by molar-refractivity contribution is 5.88. The Kier molecular flexibility index (Phi) is 2.14. The smallest absolute Gasteiger partial charge is 0.328 e. The highest BCUT2D eigenvalue weighted by Gasteiger charge is 1.99. The summed E-state index contributed by atoms with van der Waals surface area (Å²) in [5, 5.41) is 8.37. The quantitative estimate of drug-likeness (QED) is 0.551. The first kappa shape index (κ1) is 8.32. The second-order valence-electron chi connectivity index (χ2n) is 2.32. The Balaban J connectivity index is 2.99. The number of allylic oxidation sites excluding steroid dienone is 1. The first-order valence-corrected chi connectivity index (χ1v) is 3.29. The third kappa shape index (κ3) is 1.85. The van der Waals surface area contributed by atoms with Crippen LogP contribution in [-0.4, -0.2) is 21.0 Å². The van der Waals surface area contributed by atoms with E-state index in [0.29, 0.717) is 11.3 Å². The Morgan fingerprint density at radius 3 is 2.75 bits per heavy atom. The molecule has 0 unspecified atom stereocenters. The number of imidazole rings is 1. The molecule has 12 heavy (non-hydrogen) atoms. The van der Waals surface area contributed by atoms with E-state index in [4.69, 9.17) is 5.11 Å². The fourth-order valence-electron chi connectivity index (χ4n) is 0.808. The average Bonchev–Trinajstić information content (AvgIpc) is 2.34. The van der Waals surface area contributed by atoms with Crippen molar-refractivity contribution in [2.24, 2.45) is 0 Å². The molecule has 0 amide bonds. The summed E-state index contributed by atoms with van der Waals surface area (Å²) in [5.74, 6) is -1.03. The van der Waals surface area contributed by atoms with E-state index in [2.05, 4.69) is 9.97 Å². The molecule has 0 fully saturated rings. The maximum atomic E-state index is 10.6. The molecule has 0 aliphatic carbocycles. The first-order chi connectivity index (χ1) is 5.59. The molecule has 0 spiro atoms. The maximum Gasteiger partial charge on any atom is 0.328 e. The standard InChI is InChI=1S/C7H8N2O3/c1-4(2-6(10)11)5-3-8-7(12)9-5/h2-3H,1H3,(H,10,11)(H2,8,9,12)/b4-2+. The van der Waals surface area contributed by atoms with E-state index < -0.39 is 5.97 Å². The van der Waals surface area contributed by atoms with Crippen molar-refractivity contribution in [1.82, 2.24) is 9.97 Å². The second-order valence-corrected chi connectivity index (χ2v) is 2.32. The molecule has 5 nitrogen and oxygen atoms in total. The lowest BCUT2D eigenvalue weighted by atomic mass is 10.2. The zero-order valence-electron chi connectivity index (χ0n) is 6.42. The molecular formula is C7H8N2O3. The van der Waals surface area contributed by atoms with Gasteiger partial charge in [-0.3, -0.25) is 0 Å². The van der Waals surface area contributed by atoms with E-state index in [0.717, 1.165) is 6.08 Å². The van der Waals surface area contributed by atoms with Crippen LogP contribution in [0.1, 0.15) is 12.6 Å². The van der Waals surface area contributed by atoms with Gasteiger partial charge >= 0.3 is 11.7 Å². The van der Waals surface area contributed by atoms with Crippen molar-refractivity contribution in [3.8, 4) is 0 Å². The van der Waals surface area contributed by atoms with E-state index in [1.807, 2.05) is 0 Å². The number of hydrogen-bond donors (Lipinski definition) is 3. The number of carbonyl (C=O) groups is 1. The van der Waals surface area contributed by atoms with Crippen molar-refractivity contribution in [2.75, 3.05) is 0 Å². The zero-order valence-corrected chi connectivity index (χ0v) is 6.42. The summed E-state index contributed by atoms with van der Waals surface area (Å²) in [4.78, 5) is 25.6. The van der Waals surface area contributed by atoms with Crippen molar-refractivity contribution in [3.05, 3.63) is 28.5 Å². The van der Waals surface area contributed by atoms with E-state index in [-0.39, 0.29) is 5.69 Å². The van der Waals surface area contributed by atoms with Crippen LogP contribution in [0.5, 0.6) is 0 Å². The predicted octanol–water partition coefficient (Wildman–Crippen LogP) is 0.191. The molecule has 1 aromatic rings. The van der Waals surface area contributed by atoms with Crippen LogP contribution in [0, 0.1) is 0 Å². The monoisotopic (exact) mass is 168 g/mol. The minimum atomic E-state index is -1.03.